The predicted molar refractivity (Wildman–Crippen MR) is 202 cm³/mol. The molecule has 0 spiro atoms. The summed E-state index contributed by atoms with van der Waals surface area (Å²) in [6, 6.07) is 3.55. The topological polar surface area (TPSA) is 169 Å². The quantitative estimate of drug-likeness (QED) is 0.241. The maximum Gasteiger partial charge on any atom is 0.259 e. The SMILES string of the molecule is C=C[C@@H]1C[C@]1(NC(=O)[C@@H]1C[C@@H](Oc2cc(-c3nc(C(C)C)cs3)nc3c(C)c(OC)ccc23)[C@H]2CN[C@H](C(C)(C)C)C(=O)N21)C(=O)NS(=O)(=O)C1CC1. The molecule has 2 saturated heterocycles. The number of thiazole rings is 1. The molecule has 0 unspecified atom stereocenters. The number of pyridine rings is 1. The van der Waals surface area contributed by atoms with Gasteiger partial charge in [0.15, 0.2) is 0 Å². The number of hydrogen-bond donors (Lipinski definition) is 3. The summed E-state index contributed by atoms with van der Waals surface area (Å²) >= 11 is 1.50. The molecule has 6 atom stereocenters. The maximum absolute atomic E-state index is 14.4. The van der Waals surface area contributed by atoms with Gasteiger partial charge in [-0.1, -0.05) is 40.7 Å². The van der Waals surface area contributed by atoms with Crippen LogP contribution >= 0.6 is 11.3 Å². The average Bonchev–Trinajstić information content (AvgIpc) is 3.99. The van der Waals surface area contributed by atoms with Gasteiger partial charge in [0.2, 0.25) is 21.8 Å². The molecule has 0 radical (unpaired) electrons. The Morgan fingerprint density at radius 2 is 1.92 bits per heavy atom. The van der Waals surface area contributed by atoms with E-state index >= 15 is 0 Å². The molecule has 3 aromatic rings. The van der Waals surface area contributed by atoms with Crippen molar-refractivity contribution in [3.8, 4) is 22.2 Å². The first kappa shape index (κ1) is 37.2. The summed E-state index contributed by atoms with van der Waals surface area (Å²) in [5.41, 5.74) is 1.17. The van der Waals surface area contributed by atoms with Crippen LogP contribution in [0.5, 0.6) is 11.5 Å². The molecule has 15 heteroatoms. The number of benzene rings is 1. The highest BCUT2D eigenvalue weighted by Crippen LogP contribution is 2.46. The van der Waals surface area contributed by atoms with Crippen molar-refractivity contribution in [2.24, 2.45) is 11.3 Å². The molecule has 4 heterocycles. The smallest absolute Gasteiger partial charge is 0.259 e. The summed E-state index contributed by atoms with van der Waals surface area (Å²) in [7, 11) is -2.25. The minimum absolute atomic E-state index is 0.140. The lowest BCUT2D eigenvalue weighted by Crippen LogP contribution is -2.67. The summed E-state index contributed by atoms with van der Waals surface area (Å²) < 4.78 is 40.2. The number of amides is 3. The average molecular weight is 765 g/mol. The molecule has 0 bridgehead atoms. The van der Waals surface area contributed by atoms with Gasteiger partial charge in [0.1, 0.15) is 39.9 Å². The maximum atomic E-state index is 14.4. The van der Waals surface area contributed by atoms with E-state index in [-0.39, 0.29) is 24.7 Å². The molecule has 1 aromatic carbocycles. The fourth-order valence-corrected chi connectivity index (χ4v) is 9.92. The van der Waals surface area contributed by atoms with Crippen molar-refractivity contribution >= 4 is 50.0 Å². The van der Waals surface area contributed by atoms with Crippen LogP contribution in [0, 0.1) is 18.3 Å². The van der Waals surface area contributed by atoms with E-state index in [1.54, 1.807) is 18.1 Å². The van der Waals surface area contributed by atoms with Gasteiger partial charge in [0.25, 0.3) is 5.91 Å². The first-order valence-electron chi connectivity index (χ1n) is 18.2. The van der Waals surface area contributed by atoms with Crippen LogP contribution in [0.25, 0.3) is 21.6 Å². The molecule has 2 aromatic heterocycles. The van der Waals surface area contributed by atoms with Gasteiger partial charge in [-0.3, -0.25) is 19.1 Å². The van der Waals surface area contributed by atoms with E-state index in [0.717, 1.165) is 21.7 Å². The molecule has 13 nitrogen and oxygen atoms in total. The lowest BCUT2D eigenvalue weighted by Gasteiger charge is -2.43. The van der Waals surface area contributed by atoms with Gasteiger partial charge in [-0.15, -0.1) is 17.9 Å². The Morgan fingerprint density at radius 1 is 1.19 bits per heavy atom. The van der Waals surface area contributed by atoms with E-state index < -0.39 is 68.2 Å². The van der Waals surface area contributed by atoms with Crippen LogP contribution in [0.2, 0.25) is 0 Å². The third kappa shape index (κ3) is 6.69. The summed E-state index contributed by atoms with van der Waals surface area (Å²) in [6.45, 7) is 16.2. The molecule has 7 rings (SSSR count). The fraction of sp³-hybridized carbons (Fsp3) is 0.553. The number of aryl methyl sites for hydroxylation is 1. The molecule has 3 amide bonds. The summed E-state index contributed by atoms with van der Waals surface area (Å²) in [5, 5.41) is 9.21. The zero-order valence-electron chi connectivity index (χ0n) is 31.2. The number of carbonyl (C=O) groups excluding carboxylic acids is 3. The highest BCUT2D eigenvalue weighted by atomic mass is 32.2. The van der Waals surface area contributed by atoms with Crippen molar-refractivity contribution < 1.29 is 32.3 Å². The minimum atomic E-state index is -3.86. The number of aromatic nitrogens is 2. The number of nitrogens with zero attached hydrogens (tertiary/aromatic N) is 3. The molecular weight excluding hydrogens is 717 g/mol. The number of ether oxygens (including phenoxy) is 2. The zero-order valence-corrected chi connectivity index (χ0v) is 32.8. The Balaban J connectivity index is 1.24. The molecule has 2 aliphatic heterocycles. The molecule has 284 valence electrons. The van der Waals surface area contributed by atoms with Crippen molar-refractivity contribution in [3.05, 3.63) is 47.5 Å². The molecule has 3 N–H and O–H groups in total. The van der Waals surface area contributed by atoms with E-state index in [1.807, 2.05) is 51.3 Å². The second kappa shape index (κ2) is 13.3. The van der Waals surface area contributed by atoms with Crippen molar-refractivity contribution in [1.82, 2.24) is 30.2 Å². The highest BCUT2D eigenvalue weighted by Gasteiger charge is 2.63. The fourth-order valence-electron chi connectivity index (χ4n) is 7.62. The van der Waals surface area contributed by atoms with Gasteiger partial charge in [0.05, 0.1) is 35.7 Å². The summed E-state index contributed by atoms with van der Waals surface area (Å²) in [5.74, 6) is -0.584. The monoisotopic (exact) mass is 764 g/mol. The Labute approximate surface area is 314 Å². The third-order valence-corrected chi connectivity index (χ3v) is 13.7. The lowest BCUT2D eigenvalue weighted by molar-refractivity contribution is -0.148. The van der Waals surface area contributed by atoms with E-state index in [1.165, 1.54) is 11.3 Å². The van der Waals surface area contributed by atoms with Gasteiger partial charge in [0, 0.05) is 41.3 Å². The number of hydrogen-bond acceptors (Lipinski definition) is 11. The summed E-state index contributed by atoms with van der Waals surface area (Å²) in [4.78, 5) is 53.7. The number of nitrogens with one attached hydrogen (secondary N) is 3. The van der Waals surface area contributed by atoms with E-state index in [2.05, 4.69) is 35.8 Å². The Morgan fingerprint density at radius 3 is 2.53 bits per heavy atom. The molecule has 2 aliphatic carbocycles. The standard InChI is InChI=1S/C38H48N6O7S2/c1-9-21-16-38(21,36(47)43-53(48,49)22-10-11-22)42-33(45)26-15-30(27-17-39-32(37(5,6)7)35(46)44(26)27)51-29-14-24(34-41-25(18-52-34)19(2)3)40-31-20(4)28(50-8)13-12-23(29)31/h9,12-14,18-19,21-22,26-27,30,32,39H,1,10-11,15-17H2,2-8H3,(H,42,45)(H,43,47)/t21-,26+,27-,30-,32+,38-/m1/s1. The molecule has 2 saturated carbocycles. The van der Waals surface area contributed by atoms with Crippen LogP contribution in [0.4, 0.5) is 0 Å². The lowest BCUT2D eigenvalue weighted by atomic mass is 9.84. The van der Waals surface area contributed by atoms with Crippen molar-refractivity contribution in [3.63, 3.8) is 0 Å². The van der Waals surface area contributed by atoms with Crippen molar-refractivity contribution in [2.45, 2.75) is 108 Å². The van der Waals surface area contributed by atoms with Gasteiger partial charge >= 0.3 is 0 Å². The minimum Gasteiger partial charge on any atom is -0.496 e. The Bertz CT molecular complexity index is 2110. The van der Waals surface area contributed by atoms with E-state index in [9.17, 15) is 22.8 Å². The second-order valence-electron chi connectivity index (χ2n) is 16.1. The van der Waals surface area contributed by atoms with Gasteiger partial charge in [-0.25, -0.2) is 18.4 Å². The zero-order chi connectivity index (χ0) is 38.2. The Kier molecular flexibility index (Phi) is 9.38. The summed E-state index contributed by atoms with van der Waals surface area (Å²) in [6.07, 6.45) is 2.24. The van der Waals surface area contributed by atoms with Crippen LogP contribution in [0.3, 0.4) is 0 Å². The first-order valence-corrected chi connectivity index (χ1v) is 20.6. The van der Waals surface area contributed by atoms with Gasteiger partial charge < -0.3 is 25.0 Å². The molecule has 53 heavy (non-hydrogen) atoms. The van der Waals surface area contributed by atoms with E-state index in [0.29, 0.717) is 42.1 Å². The number of piperazine rings is 1. The van der Waals surface area contributed by atoms with Gasteiger partial charge in [-0.2, -0.15) is 0 Å². The first-order chi connectivity index (χ1) is 25.0. The highest BCUT2D eigenvalue weighted by molar-refractivity contribution is 7.91. The second-order valence-corrected chi connectivity index (χ2v) is 19.0. The number of methoxy groups -OCH3 is 1. The number of rotatable bonds is 11. The predicted octanol–water partition coefficient (Wildman–Crippen LogP) is 4.20. The third-order valence-electron chi connectivity index (χ3n) is 11.0. The van der Waals surface area contributed by atoms with Crippen LogP contribution in [-0.4, -0.2) is 89.7 Å². The molecular formula is C38H48N6O7S2. The number of fused-ring (bicyclic) bond motifs is 2. The van der Waals surface area contributed by atoms with Crippen molar-refractivity contribution in [1.29, 1.82) is 0 Å². The van der Waals surface area contributed by atoms with E-state index in [4.69, 9.17) is 19.4 Å². The van der Waals surface area contributed by atoms with Crippen LogP contribution in [-0.2, 0) is 24.4 Å². The van der Waals surface area contributed by atoms with Crippen LogP contribution < -0.4 is 24.8 Å². The van der Waals surface area contributed by atoms with Gasteiger partial charge in [-0.05, 0) is 49.7 Å². The number of sulfonamides is 1. The van der Waals surface area contributed by atoms with Crippen LogP contribution in [0.15, 0.2) is 36.2 Å². The largest absolute Gasteiger partial charge is 0.496 e. The normalized spacial score (nSPS) is 27.1. The molecule has 4 fully saturated rings. The van der Waals surface area contributed by atoms with Crippen LogP contribution in [0.1, 0.15) is 77.5 Å². The van der Waals surface area contributed by atoms with Crippen molar-refractivity contribution in [2.75, 3.05) is 13.7 Å². The molecule has 4 aliphatic rings. The number of carbonyl (C=O) groups is 3. The Hall–Kier alpha value is -4.08.